The van der Waals surface area contributed by atoms with Gasteiger partial charge < -0.3 is 14.3 Å². The molecule has 4 aromatic rings. The van der Waals surface area contributed by atoms with Crippen LogP contribution in [0.4, 0.5) is 10.4 Å². The Morgan fingerprint density at radius 1 is 1.26 bits per heavy atom. The van der Waals surface area contributed by atoms with Crippen molar-refractivity contribution >= 4 is 11.5 Å². The lowest BCUT2D eigenvalue weighted by atomic mass is 10.0. The minimum atomic E-state index is -0.313. The molecule has 2 aliphatic rings. The summed E-state index contributed by atoms with van der Waals surface area (Å²) >= 11 is 0. The Morgan fingerprint density at radius 2 is 2.19 bits per heavy atom. The van der Waals surface area contributed by atoms with Gasteiger partial charge >= 0.3 is 6.01 Å². The third-order valence-electron chi connectivity index (χ3n) is 5.28. The van der Waals surface area contributed by atoms with Crippen molar-refractivity contribution in [3.8, 4) is 0 Å². The molecule has 0 aromatic carbocycles. The molecule has 1 aliphatic carbocycles. The molecule has 1 atom stereocenters. The normalized spacial score (nSPS) is 19.6. The number of hydrogen-bond acceptors (Lipinski definition) is 6. The highest BCUT2D eigenvalue weighted by molar-refractivity contribution is 5.53. The van der Waals surface area contributed by atoms with Gasteiger partial charge in [-0.05, 0) is 31.0 Å². The molecule has 27 heavy (non-hydrogen) atoms. The van der Waals surface area contributed by atoms with Gasteiger partial charge in [0.1, 0.15) is 17.4 Å². The van der Waals surface area contributed by atoms with Gasteiger partial charge in [-0.3, -0.25) is 0 Å². The average molecular weight is 365 g/mol. The standard InChI is InChI=1S/C18H16FN7O/c19-11-2-1-6-26-14(11)8-13(24-26)16-15-12(20-9-21-15)5-7-25(16)18-23-22-17(27-18)10-3-4-10/h1-2,6,8-10,16H,3-5,7H2,(H,20,21)/t16-/m1/s1. The number of aromatic nitrogens is 6. The lowest BCUT2D eigenvalue weighted by Gasteiger charge is -2.32. The smallest absolute Gasteiger partial charge is 0.319 e. The zero-order valence-corrected chi connectivity index (χ0v) is 14.3. The molecule has 8 nitrogen and oxygen atoms in total. The summed E-state index contributed by atoms with van der Waals surface area (Å²) in [5.74, 6) is 0.770. The van der Waals surface area contributed by atoms with Gasteiger partial charge in [-0.15, -0.1) is 5.10 Å². The second-order valence-electron chi connectivity index (χ2n) is 7.06. The fourth-order valence-corrected chi connectivity index (χ4v) is 3.75. The van der Waals surface area contributed by atoms with Crippen LogP contribution in [0, 0.1) is 5.82 Å². The molecule has 0 bridgehead atoms. The van der Waals surface area contributed by atoms with E-state index in [2.05, 4.69) is 25.3 Å². The number of rotatable bonds is 3. The molecule has 0 spiro atoms. The minimum Gasteiger partial charge on any atom is -0.408 e. The summed E-state index contributed by atoms with van der Waals surface area (Å²) in [6.45, 7) is 0.683. The maximum absolute atomic E-state index is 14.2. The molecule has 0 amide bonds. The highest BCUT2D eigenvalue weighted by atomic mass is 19.1. The molecular weight excluding hydrogens is 349 g/mol. The number of fused-ring (bicyclic) bond motifs is 2. The largest absolute Gasteiger partial charge is 0.408 e. The van der Waals surface area contributed by atoms with E-state index in [0.29, 0.717) is 35.6 Å². The fraction of sp³-hybridized carbons (Fsp3) is 0.333. The molecule has 0 saturated heterocycles. The van der Waals surface area contributed by atoms with Crippen LogP contribution in [0.3, 0.4) is 0 Å². The average Bonchev–Trinajstić information content (AvgIpc) is 3.11. The van der Waals surface area contributed by atoms with Gasteiger partial charge in [0, 0.05) is 30.8 Å². The Labute approximate surface area is 153 Å². The summed E-state index contributed by atoms with van der Waals surface area (Å²) in [4.78, 5) is 9.72. The third-order valence-corrected chi connectivity index (χ3v) is 5.28. The van der Waals surface area contributed by atoms with Crippen molar-refractivity contribution in [2.45, 2.75) is 31.2 Å². The Bertz CT molecular complexity index is 1140. The summed E-state index contributed by atoms with van der Waals surface area (Å²) in [5, 5.41) is 13.1. The van der Waals surface area contributed by atoms with Crippen molar-refractivity contribution in [2.24, 2.45) is 0 Å². The molecule has 9 heteroatoms. The van der Waals surface area contributed by atoms with E-state index in [4.69, 9.17) is 4.42 Å². The second-order valence-corrected chi connectivity index (χ2v) is 7.06. The minimum absolute atomic E-state index is 0.310. The number of hydrogen-bond donors (Lipinski definition) is 1. The summed E-state index contributed by atoms with van der Waals surface area (Å²) < 4.78 is 21.7. The lowest BCUT2D eigenvalue weighted by molar-refractivity contribution is 0.463. The summed E-state index contributed by atoms with van der Waals surface area (Å²) in [6.07, 6.45) is 6.40. The van der Waals surface area contributed by atoms with Gasteiger partial charge in [0.25, 0.3) is 0 Å². The van der Waals surface area contributed by atoms with Crippen molar-refractivity contribution in [1.82, 2.24) is 29.8 Å². The van der Waals surface area contributed by atoms with E-state index in [0.717, 1.165) is 30.7 Å². The molecule has 136 valence electrons. The Morgan fingerprint density at radius 3 is 3.04 bits per heavy atom. The zero-order chi connectivity index (χ0) is 18.0. The molecule has 6 rings (SSSR count). The maximum atomic E-state index is 14.2. The van der Waals surface area contributed by atoms with Crippen LogP contribution in [0.15, 0.2) is 35.1 Å². The van der Waals surface area contributed by atoms with Gasteiger partial charge in [0.15, 0.2) is 0 Å². The first kappa shape index (κ1) is 14.9. The molecule has 1 aliphatic heterocycles. The zero-order valence-electron chi connectivity index (χ0n) is 14.3. The van der Waals surface area contributed by atoms with E-state index in [1.54, 1.807) is 29.2 Å². The van der Waals surface area contributed by atoms with Crippen molar-refractivity contribution in [3.05, 3.63) is 59.5 Å². The van der Waals surface area contributed by atoms with E-state index < -0.39 is 0 Å². The number of aromatic amines is 1. The van der Waals surface area contributed by atoms with Gasteiger partial charge in [-0.25, -0.2) is 13.9 Å². The van der Waals surface area contributed by atoms with Crippen LogP contribution in [-0.4, -0.2) is 36.3 Å². The van der Waals surface area contributed by atoms with E-state index in [1.165, 1.54) is 6.07 Å². The van der Waals surface area contributed by atoms with E-state index in [9.17, 15) is 4.39 Å². The predicted molar refractivity (Wildman–Crippen MR) is 92.9 cm³/mol. The summed E-state index contributed by atoms with van der Waals surface area (Å²) in [6, 6.07) is 4.98. The van der Waals surface area contributed by atoms with Crippen molar-refractivity contribution < 1.29 is 8.81 Å². The number of nitrogens with one attached hydrogen (secondary N) is 1. The monoisotopic (exact) mass is 365 g/mol. The molecule has 1 N–H and O–H groups in total. The van der Waals surface area contributed by atoms with Gasteiger partial charge in [0.05, 0.1) is 17.7 Å². The van der Waals surface area contributed by atoms with Gasteiger partial charge in [-0.2, -0.15) is 5.10 Å². The number of H-pyrrole nitrogens is 1. The first-order valence-electron chi connectivity index (χ1n) is 9.04. The van der Waals surface area contributed by atoms with Gasteiger partial charge in [-0.1, -0.05) is 5.10 Å². The predicted octanol–water partition coefficient (Wildman–Crippen LogP) is 2.61. The molecule has 1 saturated carbocycles. The maximum Gasteiger partial charge on any atom is 0.319 e. The molecule has 0 radical (unpaired) electrons. The quantitative estimate of drug-likeness (QED) is 0.600. The number of pyridine rings is 1. The Hall–Kier alpha value is -3.23. The second kappa shape index (κ2) is 5.38. The molecule has 1 fully saturated rings. The van der Waals surface area contributed by atoms with Crippen LogP contribution < -0.4 is 4.90 Å². The number of imidazole rings is 1. The van der Waals surface area contributed by atoms with Crippen LogP contribution in [0.1, 0.15) is 47.8 Å². The molecule has 4 aromatic heterocycles. The fourth-order valence-electron chi connectivity index (χ4n) is 3.75. The van der Waals surface area contributed by atoms with Crippen molar-refractivity contribution in [1.29, 1.82) is 0 Å². The van der Waals surface area contributed by atoms with Crippen LogP contribution in [-0.2, 0) is 6.42 Å². The first-order valence-corrected chi connectivity index (χ1v) is 9.04. The molecule has 5 heterocycles. The van der Waals surface area contributed by atoms with Crippen molar-refractivity contribution in [3.63, 3.8) is 0 Å². The topological polar surface area (TPSA) is 88.1 Å². The van der Waals surface area contributed by atoms with Crippen LogP contribution in [0.2, 0.25) is 0 Å². The highest BCUT2D eigenvalue weighted by Gasteiger charge is 2.37. The third kappa shape index (κ3) is 2.27. The Balaban J connectivity index is 1.49. The van der Waals surface area contributed by atoms with Crippen molar-refractivity contribution in [2.75, 3.05) is 11.4 Å². The van der Waals surface area contributed by atoms with Crippen LogP contribution in [0.25, 0.3) is 5.52 Å². The number of anilines is 1. The number of halogens is 1. The van der Waals surface area contributed by atoms with E-state index in [1.807, 2.05) is 4.90 Å². The number of nitrogens with zero attached hydrogens (tertiary/aromatic N) is 6. The van der Waals surface area contributed by atoms with E-state index >= 15 is 0 Å². The first-order chi connectivity index (χ1) is 13.3. The van der Waals surface area contributed by atoms with Crippen LogP contribution in [0.5, 0.6) is 0 Å². The summed E-state index contributed by atoms with van der Waals surface area (Å²) in [7, 11) is 0. The van der Waals surface area contributed by atoms with Gasteiger partial charge in [0.2, 0.25) is 5.89 Å². The molecule has 0 unspecified atom stereocenters. The van der Waals surface area contributed by atoms with E-state index in [-0.39, 0.29) is 11.9 Å². The lowest BCUT2D eigenvalue weighted by Crippen LogP contribution is -2.36. The van der Waals surface area contributed by atoms with Crippen LogP contribution >= 0.6 is 0 Å². The Kier molecular flexibility index (Phi) is 2.97. The summed E-state index contributed by atoms with van der Waals surface area (Å²) in [5.41, 5.74) is 3.03. The highest BCUT2D eigenvalue weighted by Crippen LogP contribution is 2.42. The SMILES string of the molecule is Fc1cccn2nc([C@@H]3c4nc[nH]c4CCN3c3nnc(C4CC4)o3)cc12. The molecular formula is C18H16FN7O.